The Hall–Kier alpha value is -2.81. The van der Waals surface area contributed by atoms with Crippen LogP contribution in [0.2, 0.25) is 0 Å². The van der Waals surface area contributed by atoms with Gasteiger partial charge in [0.15, 0.2) is 6.61 Å². The molecule has 0 radical (unpaired) electrons. The second-order valence-electron chi connectivity index (χ2n) is 6.94. The molecule has 0 fully saturated rings. The fourth-order valence-corrected chi connectivity index (χ4v) is 2.72. The molecule has 0 aromatic heterocycles. The summed E-state index contributed by atoms with van der Waals surface area (Å²) < 4.78 is 15.4. The molecule has 2 atom stereocenters. The summed E-state index contributed by atoms with van der Waals surface area (Å²) in [6, 6.07) is 12.1. The third-order valence-corrected chi connectivity index (χ3v) is 4.42. The molecule has 164 valence electrons. The van der Waals surface area contributed by atoms with Crippen molar-refractivity contribution in [2.45, 2.75) is 32.1 Å². The van der Waals surface area contributed by atoms with Gasteiger partial charge in [-0.25, -0.2) is 4.79 Å². The molecule has 0 spiro atoms. The lowest BCUT2D eigenvalue weighted by Crippen LogP contribution is -2.37. The van der Waals surface area contributed by atoms with Crippen LogP contribution in [0.3, 0.4) is 0 Å². The Balaban J connectivity index is 1.70. The maximum atomic E-state index is 11.1. The molecule has 0 aliphatic heterocycles. The van der Waals surface area contributed by atoms with Gasteiger partial charge in [-0.1, -0.05) is 12.1 Å². The number of phenols is 1. The predicted molar refractivity (Wildman–Crippen MR) is 111 cm³/mol. The topological polar surface area (TPSA) is 117 Å². The highest BCUT2D eigenvalue weighted by atomic mass is 16.6. The minimum absolute atomic E-state index is 0.00366. The van der Waals surface area contributed by atoms with Gasteiger partial charge in [-0.3, -0.25) is 0 Å². The van der Waals surface area contributed by atoms with Crippen molar-refractivity contribution in [3.63, 3.8) is 0 Å². The van der Waals surface area contributed by atoms with Crippen LogP contribution in [-0.2, 0) is 22.6 Å². The van der Waals surface area contributed by atoms with Crippen LogP contribution in [0.5, 0.6) is 17.2 Å². The van der Waals surface area contributed by atoms with Crippen LogP contribution >= 0.6 is 0 Å². The zero-order valence-electron chi connectivity index (χ0n) is 17.2. The van der Waals surface area contributed by atoms with Gasteiger partial charge in [-0.15, -0.1) is 0 Å². The fourth-order valence-electron chi connectivity index (χ4n) is 2.72. The van der Waals surface area contributed by atoms with Gasteiger partial charge in [-0.2, -0.15) is 0 Å². The number of esters is 1. The Morgan fingerprint density at radius 3 is 2.47 bits per heavy atom. The molecule has 0 aliphatic carbocycles. The molecule has 0 saturated carbocycles. The highest BCUT2D eigenvalue weighted by Gasteiger charge is 2.10. The van der Waals surface area contributed by atoms with Crippen molar-refractivity contribution in [3.05, 3.63) is 53.6 Å². The molecule has 2 aromatic carbocycles. The van der Waals surface area contributed by atoms with E-state index in [1.165, 1.54) is 19.2 Å². The minimum atomic E-state index is -0.715. The van der Waals surface area contributed by atoms with Crippen molar-refractivity contribution in [2.75, 3.05) is 26.9 Å². The van der Waals surface area contributed by atoms with E-state index in [-0.39, 0.29) is 31.6 Å². The van der Waals surface area contributed by atoms with E-state index in [2.05, 4.69) is 10.1 Å². The van der Waals surface area contributed by atoms with E-state index < -0.39 is 12.1 Å². The molecule has 0 aliphatic rings. The molecule has 8 nitrogen and oxygen atoms in total. The third kappa shape index (κ3) is 7.90. The van der Waals surface area contributed by atoms with E-state index in [1.54, 1.807) is 18.2 Å². The number of hydrogen-bond donors (Lipinski definition) is 4. The lowest BCUT2D eigenvalue weighted by atomic mass is 10.1. The molecular weight excluding hydrogens is 390 g/mol. The van der Waals surface area contributed by atoms with Gasteiger partial charge in [0.05, 0.1) is 13.7 Å². The van der Waals surface area contributed by atoms with Gasteiger partial charge in [0.2, 0.25) is 0 Å². The van der Waals surface area contributed by atoms with Crippen molar-refractivity contribution in [2.24, 2.45) is 0 Å². The number of aliphatic hydroxyl groups is 2. The van der Waals surface area contributed by atoms with E-state index in [1.807, 2.05) is 19.1 Å². The molecule has 2 aromatic rings. The lowest BCUT2D eigenvalue weighted by molar-refractivity contribution is -0.142. The summed E-state index contributed by atoms with van der Waals surface area (Å²) in [7, 11) is 1.31. The van der Waals surface area contributed by atoms with Gasteiger partial charge < -0.3 is 34.8 Å². The fraction of sp³-hybridized carbons (Fsp3) is 0.409. The van der Waals surface area contributed by atoms with Crippen LogP contribution in [-0.4, -0.2) is 60.3 Å². The van der Waals surface area contributed by atoms with Crippen molar-refractivity contribution in [1.29, 1.82) is 0 Å². The van der Waals surface area contributed by atoms with Crippen LogP contribution in [0.25, 0.3) is 0 Å². The predicted octanol–water partition coefficient (Wildman–Crippen LogP) is 1.40. The standard InChI is InChI=1S/C22H29NO7/c1-15(9-16-3-5-19(6-4-16)30-14-22(27)28-2)23-11-18(25)13-29-20-7-8-21(26)17(10-20)12-24/h3-8,10,15,18,23-26H,9,11-14H2,1-2H3/t15-,18+/m0/s1. The van der Waals surface area contributed by atoms with E-state index in [0.717, 1.165) is 12.0 Å². The number of hydrogen-bond acceptors (Lipinski definition) is 8. The number of benzene rings is 2. The van der Waals surface area contributed by atoms with Crippen molar-refractivity contribution in [3.8, 4) is 17.2 Å². The van der Waals surface area contributed by atoms with E-state index in [9.17, 15) is 15.0 Å². The molecule has 0 heterocycles. The van der Waals surface area contributed by atoms with Crippen molar-refractivity contribution >= 4 is 5.97 Å². The van der Waals surface area contributed by atoms with Crippen molar-refractivity contribution < 1.29 is 34.3 Å². The molecule has 2 rings (SSSR count). The number of rotatable bonds is 12. The highest BCUT2D eigenvalue weighted by Crippen LogP contribution is 2.23. The third-order valence-electron chi connectivity index (χ3n) is 4.42. The zero-order valence-corrected chi connectivity index (χ0v) is 17.2. The van der Waals surface area contributed by atoms with Gasteiger partial charge >= 0.3 is 5.97 Å². The largest absolute Gasteiger partial charge is 0.508 e. The van der Waals surface area contributed by atoms with Gasteiger partial charge in [0, 0.05) is 18.2 Å². The zero-order chi connectivity index (χ0) is 21.9. The van der Waals surface area contributed by atoms with E-state index >= 15 is 0 Å². The summed E-state index contributed by atoms with van der Waals surface area (Å²) in [6.07, 6.45) is 0.0378. The van der Waals surface area contributed by atoms with Gasteiger partial charge in [0.25, 0.3) is 0 Å². The second-order valence-corrected chi connectivity index (χ2v) is 6.94. The average molecular weight is 419 g/mol. The second kappa shape index (κ2) is 12.0. The number of carbonyl (C=O) groups is 1. The summed E-state index contributed by atoms with van der Waals surface area (Å²) in [4.78, 5) is 11.1. The molecule has 30 heavy (non-hydrogen) atoms. The van der Waals surface area contributed by atoms with Crippen LogP contribution in [0, 0.1) is 0 Å². The first-order valence-corrected chi connectivity index (χ1v) is 9.66. The van der Waals surface area contributed by atoms with E-state index in [4.69, 9.17) is 14.6 Å². The molecule has 0 unspecified atom stereocenters. The number of aliphatic hydroxyl groups excluding tert-OH is 2. The number of ether oxygens (including phenoxy) is 3. The normalized spacial score (nSPS) is 12.8. The van der Waals surface area contributed by atoms with Gasteiger partial charge in [0.1, 0.15) is 30.0 Å². The average Bonchev–Trinajstić information content (AvgIpc) is 2.76. The van der Waals surface area contributed by atoms with E-state index in [0.29, 0.717) is 23.6 Å². The first-order chi connectivity index (χ1) is 14.4. The quantitative estimate of drug-likeness (QED) is 0.382. The summed E-state index contributed by atoms with van der Waals surface area (Å²) in [5.41, 5.74) is 1.46. The number of methoxy groups -OCH3 is 1. The van der Waals surface area contributed by atoms with Crippen LogP contribution in [0.4, 0.5) is 0 Å². The first kappa shape index (κ1) is 23.5. The maximum Gasteiger partial charge on any atom is 0.343 e. The maximum absolute atomic E-state index is 11.1. The lowest BCUT2D eigenvalue weighted by Gasteiger charge is -2.18. The van der Waals surface area contributed by atoms with Gasteiger partial charge in [-0.05, 0) is 49.2 Å². The Bertz CT molecular complexity index is 795. The molecular formula is C22H29NO7. The molecule has 0 bridgehead atoms. The van der Waals surface area contributed by atoms with Crippen molar-refractivity contribution in [1.82, 2.24) is 5.32 Å². The number of nitrogens with one attached hydrogen (secondary N) is 1. The summed E-state index contributed by atoms with van der Waals surface area (Å²) in [6.45, 7) is 2.04. The summed E-state index contributed by atoms with van der Waals surface area (Å²) in [5, 5.41) is 32.1. The number of aromatic hydroxyl groups is 1. The van der Waals surface area contributed by atoms with Crippen LogP contribution in [0.1, 0.15) is 18.1 Å². The molecule has 4 N–H and O–H groups in total. The molecule has 0 amide bonds. The SMILES string of the molecule is COC(=O)COc1ccc(C[C@H](C)NC[C@@H](O)COc2ccc(O)c(CO)c2)cc1. The molecule has 0 saturated heterocycles. The summed E-state index contributed by atoms with van der Waals surface area (Å²) in [5.74, 6) is 0.636. The highest BCUT2D eigenvalue weighted by molar-refractivity contribution is 5.70. The first-order valence-electron chi connectivity index (χ1n) is 9.66. The smallest absolute Gasteiger partial charge is 0.343 e. The molecule has 8 heteroatoms. The minimum Gasteiger partial charge on any atom is -0.508 e. The Labute approximate surface area is 176 Å². The Kier molecular flexibility index (Phi) is 9.40. The van der Waals surface area contributed by atoms with Crippen LogP contribution in [0.15, 0.2) is 42.5 Å². The summed E-state index contributed by atoms with van der Waals surface area (Å²) >= 11 is 0. The van der Waals surface area contributed by atoms with Crippen LogP contribution < -0.4 is 14.8 Å². The monoisotopic (exact) mass is 419 g/mol. The Morgan fingerprint density at radius 2 is 1.80 bits per heavy atom. The number of carbonyl (C=O) groups excluding carboxylic acids is 1. The Morgan fingerprint density at radius 1 is 1.10 bits per heavy atom.